The van der Waals surface area contributed by atoms with Crippen LogP contribution in [-0.2, 0) is 14.3 Å². The highest BCUT2D eigenvalue weighted by molar-refractivity contribution is 5.98. The molecule has 1 saturated carbocycles. The van der Waals surface area contributed by atoms with Gasteiger partial charge in [-0.1, -0.05) is 52.4 Å². The van der Waals surface area contributed by atoms with Gasteiger partial charge in [0.25, 0.3) is 0 Å². The Morgan fingerprint density at radius 1 is 1.09 bits per heavy atom. The molecule has 1 aliphatic carbocycles. The predicted octanol–water partition coefficient (Wildman–Crippen LogP) is 4.78. The minimum absolute atomic E-state index is 0.0454. The van der Waals surface area contributed by atoms with Crippen molar-refractivity contribution in [3.63, 3.8) is 0 Å². The fourth-order valence-corrected chi connectivity index (χ4v) is 3.94. The number of carbonyl (C=O) groups is 2. The molecule has 0 radical (unpaired) electrons. The summed E-state index contributed by atoms with van der Waals surface area (Å²) >= 11 is 0. The van der Waals surface area contributed by atoms with Gasteiger partial charge in [-0.2, -0.15) is 0 Å². The molecule has 1 rings (SSSR count). The maximum Gasteiger partial charge on any atom is 0.316 e. The van der Waals surface area contributed by atoms with Crippen molar-refractivity contribution in [2.45, 2.75) is 79.1 Å². The van der Waals surface area contributed by atoms with Gasteiger partial charge in [-0.3, -0.25) is 9.59 Å². The quantitative estimate of drug-likeness (QED) is 0.350. The third-order valence-electron chi connectivity index (χ3n) is 5.36. The number of unbranched alkanes of at least 4 members (excludes halogenated alkanes) is 2. The van der Waals surface area contributed by atoms with E-state index in [1.807, 2.05) is 0 Å². The van der Waals surface area contributed by atoms with Crippen molar-refractivity contribution >= 4 is 11.8 Å². The molecule has 0 N–H and O–H groups in total. The summed E-state index contributed by atoms with van der Waals surface area (Å²) in [5, 5.41) is 0. The normalized spacial score (nSPS) is 24.5. The van der Waals surface area contributed by atoms with Crippen LogP contribution in [0.25, 0.3) is 0 Å². The van der Waals surface area contributed by atoms with E-state index in [4.69, 9.17) is 4.74 Å². The topological polar surface area (TPSA) is 43.4 Å². The van der Waals surface area contributed by atoms with Crippen LogP contribution in [0.5, 0.6) is 0 Å². The van der Waals surface area contributed by atoms with Crippen LogP contribution in [0.3, 0.4) is 0 Å². The zero-order valence-corrected chi connectivity index (χ0v) is 14.9. The van der Waals surface area contributed by atoms with Gasteiger partial charge in [0.15, 0.2) is 0 Å². The monoisotopic (exact) mass is 310 g/mol. The minimum Gasteiger partial charge on any atom is -0.465 e. The van der Waals surface area contributed by atoms with Crippen LogP contribution in [0.15, 0.2) is 0 Å². The summed E-state index contributed by atoms with van der Waals surface area (Å²) in [7, 11) is 0. The van der Waals surface area contributed by atoms with Gasteiger partial charge in [0.2, 0.25) is 0 Å². The van der Waals surface area contributed by atoms with Crippen LogP contribution in [0.2, 0.25) is 0 Å². The van der Waals surface area contributed by atoms with Gasteiger partial charge in [-0.25, -0.2) is 0 Å². The summed E-state index contributed by atoms with van der Waals surface area (Å²) in [6, 6.07) is 0. The molecule has 0 aliphatic heterocycles. The van der Waals surface area contributed by atoms with Crippen molar-refractivity contribution in [3.8, 4) is 0 Å². The van der Waals surface area contributed by atoms with Crippen LogP contribution >= 0.6 is 0 Å². The van der Waals surface area contributed by atoms with Crippen molar-refractivity contribution in [1.29, 1.82) is 0 Å². The first-order valence-corrected chi connectivity index (χ1v) is 9.18. The molecule has 0 bridgehead atoms. The third-order valence-corrected chi connectivity index (χ3v) is 5.36. The molecule has 22 heavy (non-hydrogen) atoms. The molecule has 2 unspecified atom stereocenters. The fraction of sp³-hybridized carbons (Fsp3) is 0.895. The molecular formula is C19H34O3. The number of rotatable bonds is 9. The van der Waals surface area contributed by atoms with Crippen molar-refractivity contribution in [2.75, 3.05) is 6.61 Å². The lowest BCUT2D eigenvalue weighted by Gasteiger charge is -2.34. The van der Waals surface area contributed by atoms with Crippen LogP contribution in [0, 0.1) is 23.7 Å². The van der Waals surface area contributed by atoms with Crippen molar-refractivity contribution in [2.24, 2.45) is 23.7 Å². The Morgan fingerprint density at radius 3 is 2.23 bits per heavy atom. The van der Waals surface area contributed by atoms with Crippen molar-refractivity contribution in [1.82, 2.24) is 0 Å². The molecule has 0 aromatic carbocycles. The fourth-order valence-electron chi connectivity index (χ4n) is 3.94. The third kappa shape index (κ3) is 5.73. The molecule has 128 valence electrons. The summed E-state index contributed by atoms with van der Waals surface area (Å²) in [6.07, 6.45) is 10.1. The van der Waals surface area contributed by atoms with Gasteiger partial charge in [0, 0.05) is 0 Å². The molecule has 1 aliphatic rings. The first kappa shape index (κ1) is 19.2. The van der Waals surface area contributed by atoms with E-state index in [2.05, 4.69) is 13.8 Å². The first-order chi connectivity index (χ1) is 10.5. The maximum atomic E-state index is 12.1. The highest BCUT2D eigenvalue weighted by atomic mass is 16.5. The predicted molar refractivity (Wildman–Crippen MR) is 89.6 cm³/mol. The van der Waals surface area contributed by atoms with Gasteiger partial charge >= 0.3 is 5.97 Å². The number of ketones is 1. The molecule has 2 atom stereocenters. The number of hydrogen-bond acceptors (Lipinski definition) is 3. The van der Waals surface area contributed by atoms with Crippen LogP contribution in [0.4, 0.5) is 0 Å². The maximum absolute atomic E-state index is 12.1. The average Bonchev–Trinajstić information content (AvgIpc) is 2.48. The number of ether oxygens (including phenoxy) is 1. The summed E-state index contributed by atoms with van der Waals surface area (Å²) < 4.78 is 5.10. The highest BCUT2D eigenvalue weighted by Crippen LogP contribution is 2.38. The van der Waals surface area contributed by atoms with Gasteiger partial charge < -0.3 is 4.74 Å². The average molecular weight is 310 g/mol. The van der Waals surface area contributed by atoms with E-state index in [-0.39, 0.29) is 17.7 Å². The van der Waals surface area contributed by atoms with Crippen molar-refractivity contribution in [3.05, 3.63) is 0 Å². The second kappa shape index (κ2) is 10.0. The molecule has 3 heteroatoms. The number of esters is 1. The summed E-state index contributed by atoms with van der Waals surface area (Å²) in [5.74, 6) is 0.507. The van der Waals surface area contributed by atoms with E-state index in [0.717, 1.165) is 18.8 Å². The Kier molecular flexibility index (Phi) is 8.74. The Morgan fingerprint density at radius 2 is 1.73 bits per heavy atom. The van der Waals surface area contributed by atoms with Gasteiger partial charge in [0.05, 0.1) is 6.61 Å². The highest BCUT2D eigenvalue weighted by Gasteiger charge is 2.36. The molecule has 3 nitrogen and oxygen atoms in total. The van der Waals surface area contributed by atoms with E-state index < -0.39 is 5.92 Å². The molecule has 0 saturated heterocycles. The SMILES string of the molecule is CCCCCC1CCC(C(C)C(C(C)=O)C(=O)OCC)CC1. The van der Waals surface area contributed by atoms with E-state index in [1.54, 1.807) is 6.92 Å². The summed E-state index contributed by atoms with van der Waals surface area (Å²) in [6.45, 7) is 7.97. The Bertz CT molecular complexity index is 343. The molecule has 0 heterocycles. The lowest BCUT2D eigenvalue weighted by molar-refractivity contribution is -0.154. The second-order valence-corrected chi connectivity index (χ2v) is 6.98. The largest absolute Gasteiger partial charge is 0.465 e. The number of hydrogen-bond donors (Lipinski definition) is 0. The molecule has 1 fully saturated rings. The molecule has 0 aromatic heterocycles. The molecule has 0 amide bonds. The first-order valence-electron chi connectivity index (χ1n) is 9.18. The number of carbonyl (C=O) groups excluding carboxylic acids is 2. The minimum atomic E-state index is -0.568. The standard InChI is InChI=1S/C19H34O3/c1-5-7-8-9-16-10-12-17(13-11-16)14(3)18(15(4)20)19(21)22-6-2/h14,16-18H,5-13H2,1-4H3. The molecular weight excluding hydrogens is 276 g/mol. The Hall–Kier alpha value is -0.860. The Labute approximate surface area is 136 Å². The molecule has 0 aromatic rings. The lowest BCUT2D eigenvalue weighted by atomic mass is 9.70. The van der Waals surface area contributed by atoms with Crippen LogP contribution in [0.1, 0.15) is 79.1 Å². The van der Waals surface area contributed by atoms with Crippen molar-refractivity contribution < 1.29 is 14.3 Å². The van der Waals surface area contributed by atoms with E-state index in [1.165, 1.54) is 45.4 Å². The lowest BCUT2D eigenvalue weighted by Crippen LogP contribution is -2.35. The molecule has 0 spiro atoms. The number of Topliss-reactive ketones (excluding diaryl/α,β-unsaturated/α-hetero) is 1. The second-order valence-electron chi connectivity index (χ2n) is 6.98. The zero-order chi connectivity index (χ0) is 16.5. The van der Waals surface area contributed by atoms with Gasteiger partial charge in [-0.15, -0.1) is 0 Å². The summed E-state index contributed by atoms with van der Waals surface area (Å²) in [4.78, 5) is 23.9. The zero-order valence-electron chi connectivity index (χ0n) is 14.9. The van der Waals surface area contributed by atoms with Crippen LogP contribution in [-0.4, -0.2) is 18.4 Å². The van der Waals surface area contributed by atoms with Crippen LogP contribution < -0.4 is 0 Å². The smallest absolute Gasteiger partial charge is 0.316 e. The summed E-state index contributed by atoms with van der Waals surface area (Å²) in [5.41, 5.74) is 0. The van der Waals surface area contributed by atoms with E-state index in [0.29, 0.717) is 12.5 Å². The van der Waals surface area contributed by atoms with E-state index >= 15 is 0 Å². The Balaban J connectivity index is 2.50. The van der Waals surface area contributed by atoms with Gasteiger partial charge in [-0.05, 0) is 44.4 Å². The van der Waals surface area contributed by atoms with Gasteiger partial charge in [0.1, 0.15) is 11.7 Å². The van der Waals surface area contributed by atoms with E-state index in [9.17, 15) is 9.59 Å².